The Bertz CT molecular complexity index is 532. The molecule has 0 heterocycles. The summed E-state index contributed by atoms with van der Waals surface area (Å²) in [6, 6.07) is 17.7. The molecule has 0 aromatic heterocycles. The van der Waals surface area contributed by atoms with Crippen LogP contribution in [0.3, 0.4) is 0 Å². The zero-order chi connectivity index (χ0) is 13.7. The Morgan fingerprint density at radius 1 is 1.05 bits per heavy atom. The highest BCUT2D eigenvalue weighted by molar-refractivity contribution is 5.67. The van der Waals surface area contributed by atoms with Gasteiger partial charge in [0.05, 0.1) is 6.42 Å². The molecule has 19 heavy (non-hydrogen) atoms. The fourth-order valence-corrected chi connectivity index (χ4v) is 1.88. The Balaban J connectivity index is 2.05. The van der Waals surface area contributed by atoms with Gasteiger partial charge in [0.25, 0.3) is 0 Å². The third-order valence-electron chi connectivity index (χ3n) is 2.76. The largest absolute Gasteiger partial charge is 0.490 e. The van der Waals surface area contributed by atoms with Crippen molar-refractivity contribution >= 4 is 5.97 Å². The second-order valence-electron chi connectivity index (χ2n) is 4.42. The van der Waals surface area contributed by atoms with Gasteiger partial charge in [0.2, 0.25) is 0 Å². The van der Waals surface area contributed by atoms with E-state index in [9.17, 15) is 4.79 Å². The molecule has 0 aliphatic carbocycles. The molecule has 1 N–H and O–H groups in total. The SMILES string of the molecule is C[C@@H](CC(=O)O)Oc1ccc(-c2ccccc2)cc1. The van der Waals surface area contributed by atoms with Crippen molar-refractivity contribution in [1.29, 1.82) is 0 Å². The number of hydrogen-bond acceptors (Lipinski definition) is 2. The second-order valence-corrected chi connectivity index (χ2v) is 4.42. The average Bonchev–Trinajstić information content (AvgIpc) is 2.39. The van der Waals surface area contributed by atoms with Crippen LogP contribution in [0.5, 0.6) is 5.75 Å². The van der Waals surface area contributed by atoms with E-state index >= 15 is 0 Å². The van der Waals surface area contributed by atoms with Crippen molar-refractivity contribution < 1.29 is 14.6 Å². The van der Waals surface area contributed by atoms with E-state index in [-0.39, 0.29) is 12.5 Å². The van der Waals surface area contributed by atoms with Crippen LogP contribution in [0.1, 0.15) is 13.3 Å². The summed E-state index contributed by atoms with van der Waals surface area (Å²) in [5.74, 6) is -0.165. The molecule has 0 saturated heterocycles. The molecule has 2 aromatic carbocycles. The maximum atomic E-state index is 10.6. The monoisotopic (exact) mass is 256 g/mol. The van der Waals surface area contributed by atoms with Crippen molar-refractivity contribution in [2.75, 3.05) is 0 Å². The second kappa shape index (κ2) is 6.05. The van der Waals surface area contributed by atoms with E-state index < -0.39 is 5.97 Å². The molecule has 2 rings (SSSR count). The summed E-state index contributed by atoms with van der Waals surface area (Å²) < 4.78 is 5.54. The summed E-state index contributed by atoms with van der Waals surface area (Å²) in [6.45, 7) is 1.75. The minimum atomic E-state index is -0.853. The third kappa shape index (κ3) is 3.85. The standard InChI is InChI=1S/C16H16O3/c1-12(11-16(17)18)19-15-9-7-14(8-10-15)13-5-3-2-4-6-13/h2-10,12H,11H2,1H3,(H,17,18)/t12-/m0/s1. The van der Waals surface area contributed by atoms with Gasteiger partial charge in [0, 0.05) is 0 Å². The topological polar surface area (TPSA) is 46.5 Å². The molecule has 0 radical (unpaired) electrons. The molecule has 0 saturated carbocycles. The van der Waals surface area contributed by atoms with Crippen molar-refractivity contribution in [2.45, 2.75) is 19.4 Å². The first-order valence-electron chi connectivity index (χ1n) is 6.19. The first-order chi connectivity index (χ1) is 9.15. The van der Waals surface area contributed by atoms with Gasteiger partial charge in [0.15, 0.2) is 0 Å². The van der Waals surface area contributed by atoms with Crippen LogP contribution in [-0.2, 0) is 4.79 Å². The Morgan fingerprint density at radius 2 is 1.63 bits per heavy atom. The number of carboxylic acid groups (broad SMARTS) is 1. The maximum absolute atomic E-state index is 10.6. The summed E-state index contributed by atoms with van der Waals surface area (Å²) in [6.07, 6.45) is -0.333. The molecule has 0 bridgehead atoms. The zero-order valence-corrected chi connectivity index (χ0v) is 10.7. The van der Waals surface area contributed by atoms with Crippen LogP contribution in [0.25, 0.3) is 11.1 Å². The smallest absolute Gasteiger partial charge is 0.307 e. The van der Waals surface area contributed by atoms with E-state index in [0.717, 1.165) is 11.1 Å². The molecule has 1 atom stereocenters. The van der Waals surface area contributed by atoms with Crippen molar-refractivity contribution in [2.24, 2.45) is 0 Å². The van der Waals surface area contributed by atoms with E-state index in [1.807, 2.05) is 54.6 Å². The first-order valence-corrected chi connectivity index (χ1v) is 6.19. The Morgan fingerprint density at radius 3 is 2.21 bits per heavy atom. The maximum Gasteiger partial charge on any atom is 0.307 e. The van der Waals surface area contributed by atoms with Crippen molar-refractivity contribution in [1.82, 2.24) is 0 Å². The number of carbonyl (C=O) groups is 1. The van der Waals surface area contributed by atoms with Crippen molar-refractivity contribution in [3.8, 4) is 16.9 Å². The molecule has 0 aliphatic rings. The summed E-state index contributed by atoms with van der Waals surface area (Å²) in [4.78, 5) is 10.6. The van der Waals surface area contributed by atoms with Gasteiger partial charge in [-0.2, -0.15) is 0 Å². The quantitative estimate of drug-likeness (QED) is 0.889. The van der Waals surface area contributed by atoms with Crippen LogP contribution in [0.15, 0.2) is 54.6 Å². The highest BCUT2D eigenvalue weighted by atomic mass is 16.5. The van der Waals surface area contributed by atoms with E-state index in [0.29, 0.717) is 5.75 Å². The predicted octanol–water partition coefficient (Wildman–Crippen LogP) is 3.60. The Hall–Kier alpha value is -2.29. The molecule has 0 unspecified atom stereocenters. The molecule has 0 aliphatic heterocycles. The average molecular weight is 256 g/mol. The molecule has 0 spiro atoms. The van der Waals surface area contributed by atoms with Gasteiger partial charge in [-0.1, -0.05) is 42.5 Å². The highest BCUT2D eigenvalue weighted by Crippen LogP contribution is 2.22. The van der Waals surface area contributed by atoms with Crippen molar-refractivity contribution in [3.05, 3.63) is 54.6 Å². The van der Waals surface area contributed by atoms with Crippen LogP contribution >= 0.6 is 0 Å². The normalized spacial score (nSPS) is 11.8. The van der Waals surface area contributed by atoms with Crippen LogP contribution in [0.4, 0.5) is 0 Å². The lowest BCUT2D eigenvalue weighted by atomic mass is 10.1. The number of benzene rings is 2. The molecular formula is C16H16O3. The van der Waals surface area contributed by atoms with E-state index in [4.69, 9.17) is 9.84 Å². The fourth-order valence-electron chi connectivity index (χ4n) is 1.88. The van der Waals surface area contributed by atoms with Gasteiger partial charge < -0.3 is 9.84 Å². The molecule has 98 valence electrons. The highest BCUT2D eigenvalue weighted by Gasteiger charge is 2.09. The lowest BCUT2D eigenvalue weighted by molar-refractivity contribution is -0.138. The number of hydrogen-bond donors (Lipinski definition) is 1. The van der Waals surface area contributed by atoms with E-state index in [1.165, 1.54) is 0 Å². The zero-order valence-electron chi connectivity index (χ0n) is 10.7. The Kier molecular flexibility index (Phi) is 4.18. The first kappa shape index (κ1) is 13.1. The lowest BCUT2D eigenvalue weighted by Gasteiger charge is -2.13. The number of carboxylic acids is 1. The lowest BCUT2D eigenvalue weighted by Crippen LogP contribution is -2.16. The number of ether oxygens (including phenoxy) is 1. The molecular weight excluding hydrogens is 240 g/mol. The van der Waals surface area contributed by atoms with Crippen molar-refractivity contribution in [3.63, 3.8) is 0 Å². The molecule has 2 aromatic rings. The molecule has 0 fully saturated rings. The summed E-state index contributed by atoms with van der Waals surface area (Å²) in [5.41, 5.74) is 2.26. The predicted molar refractivity (Wildman–Crippen MR) is 74.2 cm³/mol. The molecule has 3 nitrogen and oxygen atoms in total. The van der Waals surface area contributed by atoms with Crippen LogP contribution in [-0.4, -0.2) is 17.2 Å². The van der Waals surface area contributed by atoms with Gasteiger partial charge >= 0.3 is 5.97 Å². The van der Waals surface area contributed by atoms with E-state index in [1.54, 1.807) is 6.92 Å². The summed E-state index contributed by atoms with van der Waals surface area (Å²) in [5, 5.41) is 8.67. The van der Waals surface area contributed by atoms with Gasteiger partial charge in [-0.25, -0.2) is 0 Å². The van der Waals surface area contributed by atoms with E-state index in [2.05, 4.69) is 0 Å². The number of aliphatic carboxylic acids is 1. The molecule has 0 amide bonds. The van der Waals surface area contributed by atoms with Gasteiger partial charge in [-0.05, 0) is 30.2 Å². The third-order valence-corrected chi connectivity index (χ3v) is 2.76. The number of rotatable bonds is 5. The minimum absolute atomic E-state index is 0.000433. The Labute approximate surface area is 112 Å². The van der Waals surface area contributed by atoms with Gasteiger partial charge in [-0.15, -0.1) is 0 Å². The van der Waals surface area contributed by atoms with Crippen LogP contribution in [0, 0.1) is 0 Å². The summed E-state index contributed by atoms with van der Waals surface area (Å²) >= 11 is 0. The van der Waals surface area contributed by atoms with Crippen LogP contribution < -0.4 is 4.74 Å². The van der Waals surface area contributed by atoms with Gasteiger partial charge in [0.1, 0.15) is 11.9 Å². The fraction of sp³-hybridized carbons (Fsp3) is 0.188. The minimum Gasteiger partial charge on any atom is -0.490 e. The van der Waals surface area contributed by atoms with Crippen LogP contribution in [0.2, 0.25) is 0 Å². The summed E-state index contributed by atoms with van der Waals surface area (Å²) in [7, 11) is 0. The van der Waals surface area contributed by atoms with Gasteiger partial charge in [-0.3, -0.25) is 4.79 Å². The molecule has 3 heteroatoms.